The van der Waals surface area contributed by atoms with Crippen molar-refractivity contribution in [2.24, 2.45) is 0 Å². The third kappa shape index (κ3) is 4.63. The fraction of sp³-hybridized carbons (Fsp3) is 0.389. The Morgan fingerprint density at radius 1 is 1.35 bits per heavy atom. The minimum Gasteiger partial charge on any atom is -0.483 e. The van der Waals surface area contributed by atoms with E-state index in [0.717, 1.165) is 11.3 Å². The van der Waals surface area contributed by atoms with Crippen molar-refractivity contribution in [1.82, 2.24) is 20.4 Å². The van der Waals surface area contributed by atoms with Gasteiger partial charge in [-0.25, -0.2) is 0 Å². The lowest BCUT2D eigenvalue weighted by Gasteiger charge is -2.21. The maximum atomic E-state index is 12.6. The zero-order valence-electron chi connectivity index (χ0n) is 15.3. The number of likely N-dealkylation sites (N-methyl/N-ethyl adjacent to an activating group) is 1. The van der Waals surface area contributed by atoms with Crippen molar-refractivity contribution in [2.45, 2.75) is 26.3 Å². The first kappa shape index (κ1) is 20.0. The second-order valence-corrected chi connectivity index (χ2v) is 6.85. The van der Waals surface area contributed by atoms with Crippen LogP contribution in [-0.4, -0.2) is 47.6 Å². The number of para-hydroxylation sites is 1. The van der Waals surface area contributed by atoms with Crippen LogP contribution in [0.2, 0.25) is 0 Å². The van der Waals surface area contributed by atoms with Crippen LogP contribution in [0.3, 0.4) is 0 Å². The number of H-pyrrole nitrogens is 1. The molecule has 26 heavy (non-hydrogen) atoms. The monoisotopic (exact) mass is 422 g/mol. The second kappa shape index (κ2) is 8.84. The molecule has 0 aliphatic rings. The molecular weight excluding hydrogens is 400 g/mol. The highest BCUT2D eigenvalue weighted by atomic mass is 79.9. The Labute approximate surface area is 161 Å². The Morgan fingerprint density at radius 3 is 2.62 bits per heavy atom. The fourth-order valence-electron chi connectivity index (χ4n) is 2.36. The van der Waals surface area contributed by atoms with Crippen molar-refractivity contribution in [1.29, 1.82) is 0 Å². The van der Waals surface area contributed by atoms with Crippen LogP contribution in [0.5, 0.6) is 5.75 Å². The van der Waals surface area contributed by atoms with Gasteiger partial charge in [-0.3, -0.25) is 14.7 Å². The van der Waals surface area contributed by atoms with E-state index in [1.165, 1.54) is 4.90 Å². The zero-order valence-corrected chi connectivity index (χ0v) is 16.9. The zero-order chi connectivity index (χ0) is 19.3. The van der Waals surface area contributed by atoms with Gasteiger partial charge in [0.25, 0.3) is 11.8 Å². The lowest BCUT2D eigenvalue weighted by atomic mass is 10.0. The molecule has 8 heteroatoms. The molecular formula is C18H23BrN4O3. The summed E-state index contributed by atoms with van der Waals surface area (Å²) < 4.78 is 6.33. The molecule has 0 bridgehead atoms. The van der Waals surface area contributed by atoms with Crippen LogP contribution in [0.25, 0.3) is 0 Å². The number of carbonyl (C=O) groups excluding carboxylic acids is 2. The van der Waals surface area contributed by atoms with Crippen LogP contribution in [0, 0.1) is 6.92 Å². The molecule has 140 valence electrons. The molecule has 0 radical (unpaired) electrons. The number of amides is 2. The molecule has 2 amide bonds. The number of ether oxygens (including phenoxy) is 1. The van der Waals surface area contributed by atoms with Crippen LogP contribution < -0.4 is 10.1 Å². The Bertz CT molecular complexity index is 788. The quantitative estimate of drug-likeness (QED) is 0.717. The third-order valence-corrected chi connectivity index (χ3v) is 4.92. The number of carbonyl (C=O) groups is 2. The van der Waals surface area contributed by atoms with Crippen molar-refractivity contribution in [3.63, 3.8) is 0 Å². The number of aromatic amines is 1. The topological polar surface area (TPSA) is 87.3 Å². The van der Waals surface area contributed by atoms with Crippen LogP contribution in [0.1, 0.15) is 41.1 Å². The molecule has 0 saturated heterocycles. The Hall–Kier alpha value is -2.35. The van der Waals surface area contributed by atoms with E-state index < -0.39 is 0 Å². The van der Waals surface area contributed by atoms with Crippen molar-refractivity contribution in [3.8, 4) is 5.75 Å². The molecule has 0 aliphatic heterocycles. The second-order valence-electron chi connectivity index (χ2n) is 6.06. The molecule has 1 atom stereocenters. The first-order valence-electron chi connectivity index (χ1n) is 8.28. The molecule has 0 spiro atoms. The summed E-state index contributed by atoms with van der Waals surface area (Å²) >= 11 is 3.37. The normalized spacial score (nSPS) is 11.7. The summed E-state index contributed by atoms with van der Waals surface area (Å²) in [5.41, 5.74) is 1.91. The number of aryl methyl sites for hydroxylation is 1. The molecule has 7 nitrogen and oxygen atoms in total. The minimum atomic E-state index is -0.285. The molecule has 1 heterocycles. The standard InChI is InChI=1S/C18H23BrN4O3/c1-5-13(20-18(25)17-16(19)11(2)21-22-17)12-8-6-7-9-14(12)26-10-15(24)23(3)4/h6-9,13H,5,10H2,1-4H3,(H,20,25)(H,21,22). The number of rotatable bonds is 7. The molecule has 0 aliphatic carbocycles. The van der Waals surface area contributed by atoms with Crippen LogP contribution in [-0.2, 0) is 4.79 Å². The first-order chi connectivity index (χ1) is 12.3. The van der Waals surface area contributed by atoms with Gasteiger partial charge in [-0.05, 0) is 35.3 Å². The summed E-state index contributed by atoms with van der Waals surface area (Å²) in [5, 5.41) is 9.79. The van der Waals surface area contributed by atoms with E-state index in [-0.39, 0.29) is 24.5 Å². The molecule has 0 fully saturated rings. The van der Waals surface area contributed by atoms with Crippen LogP contribution in [0.4, 0.5) is 0 Å². The first-order valence-corrected chi connectivity index (χ1v) is 9.07. The van der Waals surface area contributed by atoms with E-state index in [4.69, 9.17) is 4.74 Å². The summed E-state index contributed by atoms with van der Waals surface area (Å²) in [6.45, 7) is 3.74. The predicted molar refractivity (Wildman–Crippen MR) is 102 cm³/mol. The van der Waals surface area contributed by atoms with Gasteiger partial charge in [0.15, 0.2) is 12.3 Å². The van der Waals surface area contributed by atoms with Gasteiger partial charge in [-0.1, -0.05) is 25.1 Å². The van der Waals surface area contributed by atoms with Gasteiger partial charge in [0, 0.05) is 25.4 Å². The third-order valence-electron chi connectivity index (χ3n) is 3.95. The number of halogens is 1. The Morgan fingerprint density at radius 2 is 2.04 bits per heavy atom. The number of hydrogen-bond acceptors (Lipinski definition) is 4. The highest BCUT2D eigenvalue weighted by molar-refractivity contribution is 9.10. The van der Waals surface area contributed by atoms with E-state index in [9.17, 15) is 9.59 Å². The molecule has 2 N–H and O–H groups in total. The predicted octanol–water partition coefficient (Wildman–Crippen LogP) is 2.83. The largest absolute Gasteiger partial charge is 0.483 e. The molecule has 1 aromatic carbocycles. The van der Waals surface area contributed by atoms with Crippen molar-refractivity contribution in [3.05, 3.63) is 45.7 Å². The number of nitrogens with one attached hydrogen (secondary N) is 2. The van der Waals surface area contributed by atoms with Crippen molar-refractivity contribution < 1.29 is 14.3 Å². The maximum Gasteiger partial charge on any atom is 0.273 e. The van der Waals surface area contributed by atoms with E-state index in [0.29, 0.717) is 22.3 Å². The SMILES string of the molecule is CCC(NC(=O)c1n[nH]c(C)c1Br)c1ccccc1OCC(=O)N(C)C. The summed E-state index contributed by atoms with van der Waals surface area (Å²) in [6, 6.07) is 7.12. The molecule has 2 aromatic rings. The van der Waals surface area contributed by atoms with Gasteiger partial charge in [0.2, 0.25) is 0 Å². The fourth-order valence-corrected chi connectivity index (χ4v) is 2.72. The maximum absolute atomic E-state index is 12.6. The van der Waals surface area contributed by atoms with Crippen molar-refractivity contribution in [2.75, 3.05) is 20.7 Å². The van der Waals surface area contributed by atoms with Crippen LogP contribution in [0.15, 0.2) is 28.7 Å². The van der Waals surface area contributed by atoms with Gasteiger partial charge < -0.3 is 15.0 Å². The summed E-state index contributed by atoms with van der Waals surface area (Å²) in [5.74, 6) is 0.159. The smallest absolute Gasteiger partial charge is 0.273 e. The van der Waals surface area contributed by atoms with Gasteiger partial charge >= 0.3 is 0 Å². The van der Waals surface area contributed by atoms with E-state index in [2.05, 4.69) is 31.4 Å². The average Bonchev–Trinajstić information content (AvgIpc) is 2.96. The number of benzene rings is 1. The average molecular weight is 423 g/mol. The highest BCUT2D eigenvalue weighted by Crippen LogP contribution is 2.28. The number of aromatic nitrogens is 2. The van der Waals surface area contributed by atoms with Crippen molar-refractivity contribution >= 4 is 27.7 Å². The van der Waals surface area contributed by atoms with Crippen LogP contribution >= 0.6 is 15.9 Å². The Kier molecular flexibility index (Phi) is 6.79. The molecule has 1 unspecified atom stereocenters. The summed E-state index contributed by atoms with van der Waals surface area (Å²) in [7, 11) is 3.35. The van der Waals surface area contributed by atoms with Gasteiger partial charge in [0.1, 0.15) is 5.75 Å². The Balaban J connectivity index is 2.18. The molecule has 0 saturated carbocycles. The lowest BCUT2D eigenvalue weighted by molar-refractivity contribution is -0.130. The highest BCUT2D eigenvalue weighted by Gasteiger charge is 2.22. The van der Waals surface area contributed by atoms with Gasteiger partial charge in [-0.15, -0.1) is 0 Å². The van der Waals surface area contributed by atoms with E-state index in [1.807, 2.05) is 32.0 Å². The molecule has 1 aromatic heterocycles. The molecule has 2 rings (SSSR count). The number of hydrogen-bond donors (Lipinski definition) is 2. The number of nitrogens with zero attached hydrogens (tertiary/aromatic N) is 2. The van der Waals surface area contributed by atoms with E-state index >= 15 is 0 Å². The van der Waals surface area contributed by atoms with Gasteiger partial charge in [0.05, 0.1) is 10.5 Å². The summed E-state index contributed by atoms with van der Waals surface area (Å²) in [4.78, 5) is 25.8. The van der Waals surface area contributed by atoms with Gasteiger partial charge in [-0.2, -0.15) is 5.10 Å². The summed E-state index contributed by atoms with van der Waals surface area (Å²) in [6.07, 6.45) is 0.661. The minimum absolute atomic E-state index is 0.0570. The lowest BCUT2D eigenvalue weighted by Crippen LogP contribution is -2.30. The van der Waals surface area contributed by atoms with E-state index in [1.54, 1.807) is 20.2 Å².